The number of ether oxygens (including phenoxy) is 1. The molecule has 0 aliphatic carbocycles. The topological polar surface area (TPSA) is 75.6 Å². The van der Waals surface area contributed by atoms with Crippen LogP contribution in [0.5, 0.6) is 5.75 Å². The predicted octanol–water partition coefficient (Wildman–Crippen LogP) is 7.88. The third-order valence-corrected chi connectivity index (χ3v) is 6.11. The molecule has 0 bridgehead atoms. The van der Waals surface area contributed by atoms with Gasteiger partial charge in [0.15, 0.2) is 0 Å². The van der Waals surface area contributed by atoms with Gasteiger partial charge in [-0.1, -0.05) is 60.7 Å². The predicted molar refractivity (Wildman–Crippen MR) is 138 cm³/mol. The Kier molecular flexibility index (Phi) is 8.36. The van der Waals surface area contributed by atoms with Gasteiger partial charge in [0.05, 0.1) is 18.0 Å². The summed E-state index contributed by atoms with van der Waals surface area (Å²) in [5.41, 5.74) is 2.28. The van der Waals surface area contributed by atoms with Crippen LogP contribution in [0.2, 0.25) is 0 Å². The molecule has 0 saturated carbocycles. The van der Waals surface area contributed by atoms with Crippen LogP contribution in [0.15, 0.2) is 97.1 Å². The summed E-state index contributed by atoms with van der Waals surface area (Å²) in [7, 11) is 0. The van der Waals surface area contributed by atoms with Crippen molar-refractivity contribution in [2.45, 2.75) is 25.0 Å². The Bertz CT molecular complexity index is 1500. The van der Waals surface area contributed by atoms with Gasteiger partial charge in [-0.15, -0.1) is 13.2 Å². The van der Waals surface area contributed by atoms with Gasteiger partial charge >= 0.3 is 18.5 Å². The van der Waals surface area contributed by atoms with Gasteiger partial charge in [0.25, 0.3) is 5.91 Å². The molecule has 0 saturated heterocycles. The second-order valence-electron chi connectivity index (χ2n) is 8.97. The van der Waals surface area contributed by atoms with E-state index in [0.717, 1.165) is 12.1 Å². The second kappa shape index (κ2) is 11.7. The number of alkyl halides is 6. The second-order valence-corrected chi connectivity index (χ2v) is 8.97. The van der Waals surface area contributed by atoms with Gasteiger partial charge in [0.1, 0.15) is 5.75 Å². The van der Waals surface area contributed by atoms with E-state index in [1.807, 2.05) is 0 Å². The fraction of sp³-hybridized carbons (Fsp3) is 0.133. The van der Waals surface area contributed by atoms with Crippen LogP contribution in [0.25, 0.3) is 22.3 Å². The first kappa shape index (κ1) is 29.2. The molecular formula is C30H21F6NO4. The third-order valence-electron chi connectivity index (χ3n) is 6.11. The summed E-state index contributed by atoms with van der Waals surface area (Å²) in [6, 6.07) is 21.6. The summed E-state index contributed by atoms with van der Waals surface area (Å²) < 4.78 is 79.4. The number of hydrogen-bond acceptors (Lipinski definition) is 3. The van der Waals surface area contributed by atoms with E-state index in [0.29, 0.717) is 27.8 Å². The van der Waals surface area contributed by atoms with Gasteiger partial charge in [0, 0.05) is 5.56 Å². The molecule has 11 heteroatoms. The number of carbonyl (C=O) groups is 2. The Hall–Kier alpha value is -4.80. The maximum Gasteiger partial charge on any atom is 0.573 e. The maximum absolute atomic E-state index is 12.9. The number of nitrogens with one attached hydrogen (secondary N) is 1. The number of carbonyl (C=O) groups excluding carboxylic acids is 1. The van der Waals surface area contributed by atoms with Crippen molar-refractivity contribution in [2.24, 2.45) is 0 Å². The first-order valence-electron chi connectivity index (χ1n) is 12.0. The molecule has 1 atom stereocenters. The zero-order valence-electron chi connectivity index (χ0n) is 21.0. The minimum absolute atomic E-state index is 0.217. The SMILES string of the molecule is O=C(O)CC(NC(=O)c1ccc(-c2ccc(C(F)(F)F)cc2)cc1)c1ccc(-c2ccc(OC(F)(F)F)cc2)cc1. The van der Waals surface area contributed by atoms with Gasteiger partial charge in [-0.3, -0.25) is 9.59 Å². The summed E-state index contributed by atoms with van der Waals surface area (Å²) in [5.74, 6) is -2.08. The first-order valence-corrected chi connectivity index (χ1v) is 12.0. The van der Waals surface area contributed by atoms with Crippen LogP contribution in [0.4, 0.5) is 26.3 Å². The van der Waals surface area contributed by atoms with Gasteiger partial charge < -0.3 is 15.2 Å². The molecule has 0 aromatic heterocycles. The number of carboxylic acids is 1. The van der Waals surface area contributed by atoms with Crippen molar-refractivity contribution < 1.29 is 45.8 Å². The molecule has 4 aromatic rings. The van der Waals surface area contributed by atoms with E-state index in [9.17, 15) is 41.0 Å². The molecule has 5 nitrogen and oxygen atoms in total. The normalized spacial score (nSPS) is 12.4. The number of aliphatic carboxylic acids is 1. The van der Waals surface area contributed by atoms with E-state index in [-0.39, 0.29) is 11.3 Å². The van der Waals surface area contributed by atoms with Crippen molar-refractivity contribution in [3.8, 4) is 28.0 Å². The molecule has 0 fully saturated rings. The fourth-order valence-corrected chi connectivity index (χ4v) is 4.09. The van der Waals surface area contributed by atoms with E-state index in [4.69, 9.17) is 0 Å². The highest BCUT2D eigenvalue weighted by Gasteiger charge is 2.31. The Morgan fingerprint density at radius 3 is 1.56 bits per heavy atom. The quantitative estimate of drug-likeness (QED) is 0.210. The molecule has 41 heavy (non-hydrogen) atoms. The lowest BCUT2D eigenvalue weighted by molar-refractivity contribution is -0.274. The van der Waals surface area contributed by atoms with E-state index in [1.165, 1.54) is 48.5 Å². The summed E-state index contributed by atoms with van der Waals surface area (Å²) >= 11 is 0. The average molecular weight is 573 g/mol. The molecule has 0 spiro atoms. The van der Waals surface area contributed by atoms with Crippen molar-refractivity contribution in [3.63, 3.8) is 0 Å². The van der Waals surface area contributed by atoms with Crippen LogP contribution < -0.4 is 10.1 Å². The van der Waals surface area contributed by atoms with Crippen LogP contribution >= 0.6 is 0 Å². The average Bonchev–Trinajstić information content (AvgIpc) is 2.92. The number of rotatable bonds is 8. The van der Waals surface area contributed by atoms with Gasteiger partial charge in [-0.25, -0.2) is 0 Å². The maximum atomic E-state index is 12.9. The molecule has 212 valence electrons. The summed E-state index contributed by atoms with van der Waals surface area (Å²) in [4.78, 5) is 24.4. The summed E-state index contributed by atoms with van der Waals surface area (Å²) in [6.45, 7) is 0. The number of carboxylic acid groups (broad SMARTS) is 1. The van der Waals surface area contributed by atoms with Crippen LogP contribution in [0.1, 0.15) is 33.9 Å². The molecule has 0 radical (unpaired) electrons. The Morgan fingerprint density at radius 1 is 0.683 bits per heavy atom. The molecular weight excluding hydrogens is 552 g/mol. The molecule has 0 heterocycles. The van der Waals surface area contributed by atoms with Crippen LogP contribution in [-0.4, -0.2) is 23.3 Å². The zero-order chi connectivity index (χ0) is 29.8. The molecule has 1 amide bonds. The van der Waals surface area contributed by atoms with Crippen LogP contribution in [0, 0.1) is 0 Å². The number of benzene rings is 4. The largest absolute Gasteiger partial charge is 0.573 e. The molecule has 0 aliphatic heterocycles. The van der Waals surface area contributed by atoms with Crippen molar-refractivity contribution in [1.82, 2.24) is 5.32 Å². The molecule has 4 aromatic carbocycles. The number of halogens is 6. The summed E-state index contributed by atoms with van der Waals surface area (Å²) in [5, 5.41) is 12.1. The minimum Gasteiger partial charge on any atom is -0.481 e. The van der Waals surface area contributed by atoms with Gasteiger partial charge in [-0.2, -0.15) is 13.2 Å². The van der Waals surface area contributed by atoms with E-state index in [1.54, 1.807) is 36.4 Å². The van der Waals surface area contributed by atoms with Gasteiger partial charge in [0.2, 0.25) is 0 Å². The Morgan fingerprint density at radius 2 is 1.12 bits per heavy atom. The monoisotopic (exact) mass is 573 g/mol. The van der Waals surface area contributed by atoms with E-state index < -0.39 is 42.4 Å². The van der Waals surface area contributed by atoms with Crippen molar-refractivity contribution in [1.29, 1.82) is 0 Å². The highest BCUT2D eigenvalue weighted by atomic mass is 19.4. The lowest BCUT2D eigenvalue weighted by Gasteiger charge is -2.18. The molecule has 0 aliphatic rings. The smallest absolute Gasteiger partial charge is 0.481 e. The van der Waals surface area contributed by atoms with Crippen LogP contribution in [-0.2, 0) is 11.0 Å². The molecule has 4 rings (SSSR count). The van der Waals surface area contributed by atoms with Crippen molar-refractivity contribution in [2.75, 3.05) is 0 Å². The van der Waals surface area contributed by atoms with E-state index >= 15 is 0 Å². The lowest BCUT2D eigenvalue weighted by atomic mass is 9.98. The Balaban J connectivity index is 1.46. The van der Waals surface area contributed by atoms with Crippen LogP contribution in [0.3, 0.4) is 0 Å². The molecule has 1 unspecified atom stereocenters. The van der Waals surface area contributed by atoms with E-state index in [2.05, 4.69) is 10.1 Å². The first-order chi connectivity index (χ1) is 19.3. The Labute approximate surface area is 230 Å². The standard InChI is InChI=1S/C30H21F6NO4/c31-29(32,33)24-13-9-20(10-14-24)19-3-7-23(8-4-19)28(40)37-26(17-27(38)39)22-5-1-18(2-6-22)21-11-15-25(16-12-21)41-30(34,35)36/h1-16,26H,17H2,(H,37,40)(H,38,39). The summed E-state index contributed by atoms with van der Waals surface area (Å²) in [6.07, 6.45) is -9.67. The van der Waals surface area contributed by atoms with Crippen molar-refractivity contribution in [3.05, 3.63) is 114 Å². The third kappa shape index (κ3) is 7.87. The fourth-order valence-electron chi connectivity index (χ4n) is 4.09. The van der Waals surface area contributed by atoms with Gasteiger partial charge in [-0.05, 0) is 64.2 Å². The minimum atomic E-state index is -4.80. The lowest BCUT2D eigenvalue weighted by Crippen LogP contribution is -2.30. The zero-order valence-corrected chi connectivity index (χ0v) is 21.0. The number of hydrogen-bond donors (Lipinski definition) is 2. The highest BCUT2D eigenvalue weighted by molar-refractivity contribution is 5.95. The molecule has 2 N–H and O–H groups in total. The highest BCUT2D eigenvalue weighted by Crippen LogP contribution is 2.31. The van der Waals surface area contributed by atoms with Crippen molar-refractivity contribution >= 4 is 11.9 Å². The number of amides is 1.